The predicted octanol–water partition coefficient (Wildman–Crippen LogP) is 1.89. The molecule has 1 aliphatic rings. The van der Waals surface area contributed by atoms with Crippen molar-refractivity contribution in [1.29, 1.82) is 0 Å². The Morgan fingerprint density at radius 1 is 1.38 bits per heavy atom. The van der Waals surface area contributed by atoms with Gasteiger partial charge in [0.05, 0.1) is 5.41 Å². The van der Waals surface area contributed by atoms with Gasteiger partial charge >= 0.3 is 5.97 Å². The fraction of sp³-hybridized carbons (Fsp3) is 0.533. The number of anilines is 1. The number of aromatic nitrogens is 1. The quantitative estimate of drug-likeness (QED) is 0.744. The largest absolute Gasteiger partial charge is 0.481 e. The normalized spacial score (nSPS) is 16.4. The molecule has 114 valence electrons. The topological polar surface area (TPSA) is 91.3 Å². The highest BCUT2D eigenvalue weighted by atomic mass is 16.4. The van der Waals surface area contributed by atoms with E-state index in [2.05, 4.69) is 15.6 Å². The molecule has 1 heterocycles. The summed E-state index contributed by atoms with van der Waals surface area (Å²) in [5.74, 6) is -0.972. The summed E-state index contributed by atoms with van der Waals surface area (Å²) >= 11 is 0. The van der Waals surface area contributed by atoms with E-state index >= 15 is 0 Å². The van der Waals surface area contributed by atoms with E-state index in [1.54, 1.807) is 18.3 Å². The van der Waals surface area contributed by atoms with Gasteiger partial charge in [0.25, 0.3) is 5.91 Å². The number of rotatable bonds is 6. The van der Waals surface area contributed by atoms with Gasteiger partial charge in [-0.25, -0.2) is 0 Å². The van der Waals surface area contributed by atoms with Crippen molar-refractivity contribution in [3.8, 4) is 0 Å². The number of carbonyl (C=O) groups is 2. The minimum atomic E-state index is -0.745. The Hall–Kier alpha value is -2.11. The summed E-state index contributed by atoms with van der Waals surface area (Å²) in [6.07, 6.45) is 4.85. The summed E-state index contributed by atoms with van der Waals surface area (Å²) in [5, 5.41) is 15.3. The van der Waals surface area contributed by atoms with Gasteiger partial charge in [-0.1, -0.05) is 12.8 Å². The smallest absolute Gasteiger partial charge is 0.311 e. The van der Waals surface area contributed by atoms with E-state index in [1.807, 2.05) is 6.92 Å². The van der Waals surface area contributed by atoms with Gasteiger partial charge in [-0.3, -0.25) is 14.6 Å². The first-order valence-electron chi connectivity index (χ1n) is 7.29. The first-order chi connectivity index (χ1) is 10.1. The van der Waals surface area contributed by atoms with Crippen LogP contribution in [0.3, 0.4) is 0 Å². The molecule has 3 N–H and O–H groups in total. The molecule has 0 atom stereocenters. The second kappa shape index (κ2) is 6.56. The zero-order valence-electron chi connectivity index (χ0n) is 12.2. The van der Waals surface area contributed by atoms with Crippen molar-refractivity contribution in [2.24, 2.45) is 5.41 Å². The van der Waals surface area contributed by atoms with Gasteiger partial charge in [0.2, 0.25) is 0 Å². The third kappa shape index (κ3) is 3.51. The van der Waals surface area contributed by atoms with Crippen LogP contribution in [-0.4, -0.2) is 35.1 Å². The molecule has 1 saturated carbocycles. The fourth-order valence-corrected chi connectivity index (χ4v) is 2.71. The maximum absolute atomic E-state index is 11.7. The summed E-state index contributed by atoms with van der Waals surface area (Å²) in [6, 6.07) is 3.39. The molecule has 0 aliphatic heterocycles. The molecule has 0 radical (unpaired) electrons. The van der Waals surface area contributed by atoms with E-state index in [9.17, 15) is 14.7 Å². The maximum atomic E-state index is 11.7. The molecule has 6 nitrogen and oxygen atoms in total. The van der Waals surface area contributed by atoms with Crippen LogP contribution in [0.15, 0.2) is 18.3 Å². The van der Waals surface area contributed by atoms with Crippen LogP contribution < -0.4 is 10.6 Å². The van der Waals surface area contributed by atoms with Gasteiger partial charge < -0.3 is 15.7 Å². The molecule has 6 heteroatoms. The summed E-state index contributed by atoms with van der Waals surface area (Å²) in [5.41, 5.74) is 0.367. The molecule has 21 heavy (non-hydrogen) atoms. The number of carboxylic acid groups (broad SMARTS) is 1. The number of carboxylic acids is 1. The lowest BCUT2D eigenvalue weighted by atomic mass is 9.86. The monoisotopic (exact) mass is 291 g/mol. The highest BCUT2D eigenvalue weighted by molar-refractivity contribution is 5.93. The van der Waals surface area contributed by atoms with E-state index in [-0.39, 0.29) is 5.91 Å². The molecule has 0 unspecified atom stereocenters. The van der Waals surface area contributed by atoms with Crippen LogP contribution in [-0.2, 0) is 4.79 Å². The summed E-state index contributed by atoms with van der Waals surface area (Å²) in [7, 11) is 0. The number of pyridine rings is 1. The van der Waals surface area contributed by atoms with E-state index in [0.29, 0.717) is 31.6 Å². The second-order valence-corrected chi connectivity index (χ2v) is 5.44. The summed E-state index contributed by atoms with van der Waals surface area (Å²) in [6.45, 7) is 2.76. The predicted molar refractivity (Wildman–Crippen MR) is 79.3 cm³/mol. The Morgan fingerprint density at radius 3 is 2.71 bits per heavy atom. The number of amides is 1. The fourth-order valence-electron chi connectivity index (χ4n) is 2.71. The third-order valence-corrected chi connectivity index (χ3v) is 3.98. The van der Waals surface area contributed by atoms with Crippen LogP contribution in [0.2, 0.25) is 0 Å². The molecule has 1 aliphatic carbocycles. The molecular weight excluding hydrogens is 270 g/mol. The van der Waals surface area contributed by atoms with Crippen molar-refractivity contribution < 1.29 is 14.7 Å². The van der Waals surface area contributed by atoms with E-state index in [0.717, 1.165) is 18.5 Å². The first-order valence-corrected chi connectivity index (χ1v) is 7.29. The Labute approximate surface area is 124 Å². The van der Waals surface area contributed by atoms with Crippen LogP contribution >= 0.6 is 0 Å². The average Bonchev–Trinajstić information content (AvgIpc) is 2.96. The van der Waals surface area contributed by atoms with Crippen LogP contribution in [0, 0.1) is 5.41 Å². The van der Waals surface area contributed by atoms with Gasteiger partial charge in [-0.05, 0) is 31.9 Å². The van der Waals surface area contributed by atoms with Crippen LogP contribution in [0.4, 0.5) is 5.69 Å². The van der Waals surface area contributed by atoms with Crippen LogP contribution in [0.1, 0.15) is 43.1 Å². The molecule has 0 spiro atoms. The zero-order chi connectivity index (χ0) is 15.3. The van der Waals surface area contributed by atoms with Crippen molar-refractivity contribution in [3.63, 3.8) is 0 Å². The molecule has 1 fully saturated rings. The van der Waals surface area contributed by atoms with E-state index in [1.165, 1.54) is 0 Å². The first kappa shape index (κ1) is 15.3. The Morgan fingerprint density at radius 2 is 2.10 bits per heavy atom. The standard InChI is InChI=1S/C15H21N3O3/c1-2-16-13(19)12-9-11(5-8-17-12)18-10-15(14(20)21)6-3-4-7-15/h5,8-9H,2-4,6-7,10H2,1H3,(H,16,19)(H,17,18)(H,20,21). The lowest BCUT2D eigenvalue weighted by Gasteiger charge is -2.24. The lowest BCUT2D eigenvalue weighted by molar-refractivity contribution is -0.147. The van der Waals surface area contributed by atoms with E-state index < -0.39 is 11.4 Å². The van der Waals surface area contributed by atoms with Gasteiger partial charge in [0.15, 0.2) is 0 Å². The average molecular weight is 291 g/mol. The van der Waals surface area contributed by atoms with E-state index in [4.69, 9.17) is 0 Å². The Bertz CT molecular complexity index is 525. The summed E-state index contributed by atoms with van der Waals surface area (Å²) < 4.78 is 0. The molecule has 0 bridgehead atoms. The van der Waals surface area contributed by atoms with Crippen molar-refractivity contribution in [1.82, 2.24) is 10.3 Å². The van der Waals surface area contributed by atoms with Gasteiger partial charge in [-0.2, -0.15) is 0 Å². The Kier molecular flexibility index (Phi) is 4.77. The molecule has 0 aromatic carbocycles. The summed E-state index contributed by atoms with van der Waals surface area (Å²) in [4.78, 5) is 27.2. The van der Waals surface area contributed by atoms with Crippen molar-refractivity contribution >= 4 is 17.6 Å². The van der Waals surface area contributed by atoms with Crippen molar-refractivity contribution in [2.75, 3.05) is 18.4 Å². The minimum Gasteiger partial charge on any atom is -0.481 e. The van der Waals surface area contributed by atoms with Gasteiger partial charge in [-0.15, -0.1) is 0 Å². The molecule has 2 rings (SSSR count). The molecular formula is C15H21N3O3. The van der Waals surface area contributed by atoms with Gasteiger partial charge in [0, 0.05) is 25.0 Å². The number of nitrogens with one attached hydrogen (secondary N) is 2. The molecule has 1 aromatic rings. The SMILES string of the molecule is CCNC(=O)c1cc(NCC2(C(=O)O)CCCC2)ccn1. The number of hydrogen-bond acceptors (Lipinski definition) is 4. The number of nitrogens with zero attached hydrogens (tertiary/aromatic N) is 1. The van der Waals surface area contributed by atoms with Crippen molar-refractivity contribution in [2.45, 2.75) is 32.6 Å². The highest BCUT2D eigenvalue weighted by Crippen LogP contribution is 2.38. The molecule has 1 aromatic heterocycles. The second-order valence-electron chi connectivity index (χ2n) is 5.44. The number of carbonyl (C=O) groups excluding carboxylic acids is 1. The van der Waals surface area contributed by atoms with Crippen LogP contribution in [0.5, 0.6) is 0 Å². The third-order valence-electron chi connectivity index (χ3n) is 3.98. The number of aliphatic carboxylic acids is 1. The maximum Gasteiger partial charge on any atom is 0.311 e. The lowest BCUT2D eigenvalue weighted by Crippen LogP contribution is -2.35. The zero-order valence-corrected chi connectivity index (χ0v) is 12.2. The van der Waals surface area contributed by atoms with Gasteiger partial charge in [0.1, 0.15) is 5.69 Å². The number of hydrogen-bond donors (Lipinski definition) is 3. The Balaban J connectivity index is 2.04. The van der Waals surface area contributed by atoms with Crippen molar-refractivity contribution in [3.05, 3.63) is 24.0 Å². The highest BCUT2D eigenvalue weighted by Gasteiger charge is 2.41. The molecule has 0 saturated heterocycles. The van der Waals surface area contributed by atoms with Crippen LogP contribution in [0.25, 0.3) is 0 Å². The molecule has 1 amide bonds. The minimum absolute atomic E-state index is 0.227.